The molecule has 0 fully saturated rings. The van der Waals surface area contributed by atoms with Gasteiger partial charge in [-0.15, -0.1) is 0 Å². The van der Waals surface area contributed by atoms with Crippen LogP contribution in [0.25, 0.3) is 11.1 Å². The number of nitrogens with zero attached hydrogens (tertiary/aromatic N) is 4. The Hall–Kier alpha value is -6.48. The molecule has 1 atom stereocenters. The molecule has 4 aromatic carbocycles. The van der Waals surface area contributed by atoms with Crippen LogP contribution in [0.5, 0.6) is 28.7 Å². The van der Waals surface area contributed by atoms with E-state index in [0.717, 1.165) is 40.0 Å². The number of hydrazine groups is 1. The SMILES string of the molecule is COc1ccc(/C(C)=C/N2CC=Nc3cc(OCCCOc4cc5c(cc4OC)C(=O)N4C=C(c6ccc(C(C)(C)OCCC(C)(C)NN)cc6)CC4C=N5)c(OC)cc3C2=O)cc1. The Morgan fingerprint density at radius 1 is 0.797 bits per heavy atom. The first kappa shape index (κ1) is 45.5. The van der Waals surface area contributed by atoms with Crippen LogP contribution in [0.1, 0.15) is 91.3 Å². The molecule has 14 nitrogen and oxygen atoms in total. The molecule has 3 N–H and O–H groups in total. The molecular formula is C50H58N6O8. The van der Waals surface area contributed by atoms with E-state index in [4.69, 9.17) is 39.3 Å². The first-order chi connectivity index (χ1) is 30.7. The van der Waals surface area contributed by atoms with Crippen molar-refractivity contribution in [2.75, 3.05) is 47.7 Å². The van der Waals surface area contributed by atoms with Crippen molar-refractivity contribution in [3.63, 3.8) is 0 Å². The lowest BCUT2D eigenvalue weighted by Gasteiger charge is -2.29. The molecule has 1 unspecified atom stereocenters. The van der Waals surface area contributed by atoms with Gasteiger partial charge in [-0.1, -0.05) is 36.4 Å². The largest absolute Gasteiger partial charge is 0.497 e. The minimum Gasteiger partial charge on any atom is -0.497 e. The summed E-state index contributed by atoms with van der Waals surface area (Å²) < 4.78 is 35.2. The smallest absolute Gasteiger partial charge is 0.260 e. The maximum absolute atomic E-state index is 14.0. The number of rotatable bonds is 18. The summed E-state index contributed by atoms with van der Waals surface area (Å²) in [4.78, 5) is 40.4. The summed E-state index contributed by atoms with van der Waals surface area (Å²) in [6.07, 6.45) is 9.18. The molecule has 14 heteroatoms. The number of ether oxygens (including phenoxy) is 6. The van der Waals surface area contributed by atoms with Crippen molar-refractivity contribution in [1.29, 1.82) is 0 Å². The van der Waals surface area contributed by atoms with Crippen LogP contribution in [0.3, 0.4) is 0 Å². The number of benzene rings is 4. The van der Waals surface area contributed by atoms with Gasteiger partial charge in [0.25, 0.3) is 11.8 Å². The first-order valence-electron chi connectivity index (χ1n) is 21.4. The number of nitrogens with one attached hydrogen (secondary N) is 1. The molecular weight excluding hydrogens is 813 g/mol. The predicted octanol–water partition coefficient (Wildman–Crippen LogP) is 8.63. The van der Waals surface area contributed by atoms with Crippen LogP contribution >= 0.6 is 0 Å². The third-order valence-corrected chi connectivity index (χ3v) is 11.7. The number of allylic oxidation sites excluding steroid dienone is 1. The summed E-state index contributed by atoms with van der Waals surface area (Å²) >= 11 is 0. The van der Waals surface area contributed by atoms with Gasteiger partial charge in [0.2, 0.25) is 0 Å². The molecule has 0 spiro atoms. The van der Waals surface area contributed by atoms with Crippen LogP contribution in [0.2, 0.25) is 0 Å². The molecule has 64 heavy (non-hydrogen) atoms. The summed E-state index contributed by atoms with van der Waals surface area (Å²) in [6.45, 7) is 11.6. The topological polar surface area (TPSA) is 159 Å². The van der Waals surface area contributed by atoms with Crippen LogP contribution in [-0.2, 0) is 10.3 Å². The summed E-state index contributed by atoms with van der Waals surface area (Å²) in [5.74, 6) is 7.81. The Labute approximate surface area is 375 Å². The van der Waals surface area contributed by atoms with E-state index in [1.807, 2.05) is 63.7 Å². The highest BCUT2D eigenvalue weighted by Crippen LogP contribution is 2.41. The van der Waals surface area contributed by atoms with Crippen LogP contribution in [0, 0.1) is 0 Å². The van der Waals surface area contributed by atoms with E-state index < -0.39 is 5.60 Å². The van der Waals surface area contributed by atoms with E-state index in [0.29, 0.717) is 78.1 Å². The summed E-state index contributed by atoms with van der Waals surface area (Å²) in [7, 11) is 4.71. The number of hydrogen-bond acceptors (Lipinski definition) is 12. The number of methoxy groups -OCH3 is 3. The molecule has 3 aliphatic rings. The van der Waals surface area contributed by atoms with Gasteiger partial charge in [0.15, 0.2) is 23.0 Å². The highest BCUT2D eigenvalue weighted by molar-refractivity contribution is 6.06. The number of aliphatic imine (C=N–C) groups is 2. The molecule has 0 bridgehead atoms. The van der Waals surface area contributed by atoms with Crippen molar-refractivity contribution in [1.82, 2.24) is 15.2 Å². The third kappa shape index (κ3) is 10.1. The molecule has 7 rings (SSSR count). The van der Waals surface area contributed by atoms with Gasteiger partial charge in [-0.2, -0.15) is 0 Å². The lowest BCUT2D eigenvalue weighted by Crippen LogP contribution is -2.45. The van der Waals surface area contributed by atoms with E-state index in [-0.39, 0.29) is 30.0 Å². The van der Waals surface area contributed by atoms with Gasteiger partial charge in [0.1, 0.15) is 5.75 Å². The molecule has 336 valence electrons. The maximum Gasteiger partial charge on any atom is 0.260 e. The number of hydrogen-bond donors (Lipinski definition) is 2. The molecule has 4 aromatic rings. The van der Waals surface area contributed by atoms with Gasteiger partial charge in [-0.3, -0.25) is 30.8 Å². The van der Waals surface area contributed by atoms with E-state index in [1.54, 1.807) is 54.5 Å². The minimum atomic E-state index is -0.484. The monoisotopic (exact) mass is 870 g/mol. The Morgan fingerprint density at radius 2 is 1.42 bits per heavy atom. The molecule has 0 radical (unpaired) electrons. The van der Waals surface area contributed by atoms with Crippen molar-refractivity contribution in [2.45, 2.75) is 71.1 Å². The average molecular weight is 871 g/mol. The number of carbonyl (C=O) groups excluding carboxylic acids is 2. The fourth-order valence-corrected chi connectivity index (χ4v) is 7.63. The second-order valence-electron chi connectivity index (χ2n) is 17.0. The van der Waals surface area contributed by atoms with Crippen molar-refractivity contribution >= 4 is 46.8 Å². The molecule has 3 heterocycles. The van der Waals surface area contributed by atoms with Crippen molar-refractivity contribution in [3.8, 4) is 28.7 Å². The van der Waals surface area contributed by atoms with Crippen LogP contribution in [-0.4, -0.2) is 93.3 Å². The van der Waals surface area contributed by atoms with Crippen LogP contribution in [0.4, 0.5) is 11.4 Å². The molecule has 0 saturated carbocycles. The summed E-state index contributed by atoms with van der Waals surface area (Å²) in [5, 5.41) is 0. The highest BCUT2D eigenvalue weighted by Gasteiger charge is 2.34. The summed E-state index contributed by atoms with van der Waals surface area (Å²) in [6, 6.07) is 22.6. The number of carbonyl (C=O) groups is 2. The van der Waals surface area contributed by atoms with Gasteiger partial charge < -0.3 is 38.2 Å². The molecule has 0 aromatic heterocycles. The van der Waals surface area contributed by atoms with Crippen LogP contribution in [0.15, 0.2) is 95.2 Å². The summed E-state index contributed by atoms with van der Waals surface area (Å²) in [5.41, 5.74) is 8.98. The van der Waals surface area contributed by atoms with E-state index in [1.165, 1.54) is 7.11 Å². The van der Waals surface area contributed by atoms with Gasteiger partial charge in [-0.05, 0) is 93.1 Å². The Balaban J connectivity index is 0.956. The Kier molecular flexibility index (Phi) is 13.9. The highest BCUT2D eigenvalue weighted by atomic mass is 16.5. The van der Waals surface area contributed by atoms with Crippen molar-refractivity contribution in [3.05, 3.63) is 113 Å². The first-order valence-corrected chi connectivity index (χ1v) is 21.4. The maximum atomic E-state index is 14.0. The van der Waals surface area contributed by atoms with Gasteiger partial charge in [0, 0.05) is 61.9 Å². The Bertz CT molecular complexity index is 2470. The minimum absolute atomic E-state index is 0.166. The average Bonchev–Trinajstić information content (AvgIpc) is 3.62. The molecule has 0 aliphatic carbocycles. The molecule has 2 amide bonds. The van der Waals surface area contributed by atoms with E-state index in [2.05, 4.69) is 48.5 Å². The zero-order valence-corrected chi connectivity index (χ0v) is 37.9. The predicted molar refractivity (Wildman–Crippen MR) is 250 cm³/mol. The molecule has 0 saturated heterocycles. The second-order valence-corrected chi connectivity index (χ2v) is 17.0. The van der Waals surface area contributed by atoms with Gasteiger partial charge in [-0.25, -0.2) is 0 Å². The van der Waals surface area contributed by atoms with Gasteiger partial charge in [0.05, 0.1) is 75.2 Å². The number of fused-ring (bicyclic) bond motifs is 3. The van der Waals surface area contributed by atoms with E-state index in [9.17, 15) is 9.59 Å². The number of amides is 2. The quantitative estimate of drug-likeness (QED) is 0.0563. The van der Waals surface area contributed by atoms with Crippen molar-refractivity contribution < 1.29 is 38.0 Å². The van der Waals surface area contributed by atoms with Crippen LogP contribution < -0.4 is 35.0 Å². The number of nitrogens with two attached hydrogens (primary N) is 1. The Morgan fingerprint density at radius 3 is 2.03 bits per heavy atom. The zero-order chi connectivity index (χ0) is 45.6. The second kappa shape index (κ2) is 19.5. The van der Waals surface area contributed by atoms with E-state index >= 15 is 0 Å². The van der Waals surface area contributed by atoms with Gasteiger partial charge >= 0.3 is 0 Å². The fraction of sp³-hybridized carbons (Fsp3) is 0.360. The third-order valence-electron chi connectivity index (χ3n) is 11.7. The standard InChI is InChI=1S/C50H58N6O8/c1-32(33-12-16-38(59-6)17-13-33)30-55-20-19-52-41-27-45(43(60-7)25-39(41)47(55)57)62-21-9-22-63-46-28-42-40(26-44(46)61-8)48(58)56-31-35(24-37(56)29-53-42)34-10-14-36(15-11-34)50(4,5)64-23-18-49(2,3)54-51/h10-17,19,25-31,37,54H,9,18,20-24,51H2,1-8H3/b32-30+. The lowest BCUT2D eigenvalue weighted by molar-refractivity contribution is -0.0295. The fourth-order valence-electron chi connectivity index (χ4n) is 7.63. The zero-order valence-electron chi connectivity index (χ0n) is 37.9. The van der Waals surface area contributed by atoms with Crippen molar-refractivity contribution in [2.24, 2.45) is 15.8 Å². The molecule has 3 aliphatic heterocycles. The normalized spacial score (nSPS) is 16.1. The lowest BCUT2D eigenvalue weighted by atomic mass is 9.94.